The minimum absolute atomic E-state index is 0. The minimum Gasteiger partial charge on any atom is -1.00 e. The molecule has 3 nitrogen and oxygen atoms in total. The van der Waals surface area contributed by atoms with Crippen LogP contribution >= 0.6 is 0 Å². The molecule has 0 saturated carbocycles. The van der Waals surface area contributed by atoms with Gasteiger partial charge in [-0.25, -0.2) is 0 Å². The highest BCUT2D eigenvalue weighted by molar-refractivity contribution is 5.84. The molecular weight excluding hydrogens is 188 g/mol. The van der Waals surface area contributed by atoms with Crippen molar-refractivity contribution in [1.29, 1.82) is 0 Å². The van der Waals surface area contributed by atoms with Crippen LogP contribution in [0.1, 0.15) is 12.5 Å². The molecule has 1 rings (SSSR count). The van der Waals surface area contributed by atoms with Gasteiger partial charge in [0.2, 0.25) is 0 Å². The van der Waals surface area contributed by atoms with E-state index in [4.69, 9.17) is 11.1 Å². The lowest BCUT2D eigenvalue weighted by Gasteiger charge is -2.17. The number of nitrogens with two attached hydrogens (primary N) is 2. The van der Waals surface area contributed by atoms with Crippen LogP contribution in [0.5, 0.6) is 0 Å². The number of rotatable bonds is 2. The largest absolute Gasteiger partial charge is 1.00 e. The van der Waals surface area contributed by atoms with Crippen molar-refractivity contribution in [2.75, 3.05) is 0 Å². The standard InChI is InChI=1S/C9H12N2O.ClH/c1-9(12,8(10)11)7-5-3-2-4-6-7;/h2-6,12H,1H3,(H3,10,11);1H/t9-;/m0./s1. The number of halogens is 1. The van der Waals surface area contributed by atoms with Crippen LogP contribution in [0.15, 0.2) is 30.3 Å². The van der Waals surface area contributed by atoms with Crippen LogP contribution in [0.2, 0.25) is 0 Å². The molecule has 1 atom stereocenters. The second-order valence-corrected chi connectivity index (χ2v) is 2.89. The van der Waals surface area contributed by atoms with Gasteiger partial charge in [-0.05, 0) is 12.5 Å². The summed E-state index contributed by atoms with van der Waals surface area (Å²) in [5.74, 6) is 0.00806. The summed E-state index contributed by atoms with van der Waals surface area (Å²) in [6.45, 7) is 1.57. The molecule has 0 amide bonds. The molecule has 0 bridgehead atoms. The zero-order valence-corrected chi connectivity index (χ0v) is 8.12. The van der Waals surface area contributed by atoms with Crippen molar-refractivity contribution in [3.63, 3.8) is 0 Å². The van der Waals surface area contributed by atoms with Crippen LogP contribution in [-0.2, 0) is 5.60 Å². The molecular formula is C9H13ClN2O. The van der Waals surface area contributed by atoms with Gasteiger partial charge in [0.1, 0.15) is 0 Å². The number of amidine groups is 1. The molecule has 72 valence electrons. The van der Waals surface area contributed by atoms with Gasteiger partial charge in [0.15, 0.2) is 5.60 Å². The van der Waals surface area contributed by atoms with Crippen LogP contribution in [0.4, 0.5) is 0 Å². The van der Waals surface area contributed by atoms with Gasteiger partial charge in [0.05, 0.1) is 0 Å². The Morgan fingerprint density at radius 2 is 1.85 bits per heavy atom. The molecule has 4 heteroatoms. The predicted octanol–water partition coefficient (Wildman–Crippen LogP) is -3.99. The highest BCUT2D eigenvalue weighted by atomic mass is 35.5. The van der Waals surface area contributed by atoms with E-state index in [1.54, 1.807) is 19.1 Å². The lowest BCUT2D eigenvalue weighted by atomic mass is 9.95. The third kappa shape index (κ3) is 2.44. The van der Waals surface area contributed by atoms with Crippen molar-refractivity contribution in [2.24, 2.45) is 5.73 Å². The molecule has 0 radical (unpaired) electrons. The summed E-state index contributed by atoms with van der Waals surface area (Å²) in [6.07, 6.45) is 0. The first-order chi connectivity index (χ1) is 5.55. The average Bonchev–Trinajstić information content (AvgIpc) is 2.06. The topological polar surface area (TPSA) is 71.8 Å². The molecule has 0 unspecified atom stereocenters. The Bertz CT molecular complexity index is 285. The molecule has 0 saturated heterocycles. The van der Waals surface area contributed by atoms with E-state index in [1.807, 2.05) is 18.2 Å². The zero-order chi connectivity index (χ0) is 9.19. The Morgan fingerprint density at radius 1 is 1.38 bits per heavy atom. The third-order valence-corrected chi connectivity index (χ3v) is 1.90. The summed E-state index contributed by atoms with van der Waals surface area (Å²) in [4.78, 5) is 0. The SMILES string of the molecule is C[C@@](O)(C(N)=[NH2+])c1ccccc1.[Cl-]. The third-order valence-electron chi connectivity index (χ3n) is 1.90. The molecule has 0 aliphatic rings. The first-order valence-electron chi connectivity index (χ1n) is 3.71. The normalized spacial score (nSPS) is 14.0. The van der Waals surface area contributed by atoms with Gasteiger partial charge in [0.25, 0.3) is 5.84 Å². The van der Waals surface area contributed by atoms with E-state index in [0.29, 0.717) is 5.56 Å². The van der Waals surface area contributed by atoms with Gasteiger partial charge < -0.3 is 17.5 Å². The molecule has 1 aromatic carbocycles. The molecule has 0 fully saturated rings. The molecule has 0 heterocycles. The van der Waals surface area contributed by atoms with E-state index < -0.39 is 5.60 Å². The molecule has 0 spiro atoms. The first-order valence-corrected chi connectivity index (χ1v) is 3.71. The van der Waals surface area contributed by atoms with Crippen molar-refractivity contribution >= 4 is 5.84 Å². The van der Waals surface area contributed by atoms with Crippen molar-refractivity contribution in [3.8, 4) is 0 Å². The maximum absolute atomic E-state index is 9.78. The quantitative estimate of drug-likeness (QED) is 0.337. The Balaban J connectivity index is 0.00000144. The predicted molar refractivity (Wildman–Crippen MR) is 47.1 cm³/mol. The van der Waals surface area contributed by atoms with Crippen LogP contribution in [0.3, 0.4) is 0 Å². The fourth-order valence-electron chi connectivity index (χ4n) is 0.929. The van der Waals surface area contributed by atoms with Gasteiger partial charge in [-0.1, -0.05) is 30.3 Å². The van der Waals surface area contributed by atoms with E-state index >= 15 is 0 Å². The van der Waals surface area contributed by atoms with Gasteiger partial charge >= 0.3 is 0 Å². The highest BCUT2D eigenvalue weighted by Crippen LogP contribution is 2.17. The Labute approximate surface area is 83.5 Å². The lowest BCUT2D eigenvalue weighted by Crippen LogP contribution is -3.00. The number of hydrogen-bond donors (Lipinski definition) is 3. The lowest BCUT2D eigenvalue weighted by molar-refractivity contribution is -0.135. The fraction of sp³-hybridized carbons (Fsp3) is 0.222. The molecule has 0 aliphatic carbocycles. The van der Waals surface area contributed by atoms with Gasteiger partial charge in [-0.3, -0.25) is 11.1 Å². The summed E-state index contributed by atoms with van der Waals surface area (Å²) in [5.41, 5.74) is 4.81. The summed E-state index contributed by atoms with van der Waals surface area (Å²) in [5, 5.41) is 15.1. The fourth-order valence-corrected chi connectivity index (χ4v) is 0.929. The van der Waals surface area contributed by atoms with Crippen molar-refractivity contribution < 1.29 is 22.9 Å². The van der Waals surface area contributed by atoms with E-state index in [1.165, 1.54) is 0 Å². The second kappa shape index (κ2) is 4.25. The first kappa shape index (κ1) is 11.9. The monoisotopic (exact) mass is 200 g/mol. The minimum atomic E-state index is -1.23. The molecule has 0 aliphatic heterocycles. The van der Waals surface area contributed by atoms with Crippen LogP contribution in [-0.4, -0.2) is 10.9 Å². The number of aliphatic hydroxyl groups is 1. The Morgan fingerprint density at radius 3 is 2.23 bits per heavy atom. The highest BCUT2D eigenvalue weighted by Gasteiger charge is 2.30. The van der Waals surface area contributed by atoms with E-state index in [2.05, 4.69) is 0 Å². The van der Waals surface area contributed by atoms with E-state index in [-0.39, 0.29) is 18.2 Å². The summed E-state index contributed by atoms with van der Waals surface area (Å²) < 4.78 is 0. The van der Waals surface area contributed by atoms with Gasteiger partial charge in [-0.2, -0.15) is 0 Å². The maximum atomic E-state index is 9.78. The molecule has 5 N–H and O–H groups in total. The Kier molecular flexibility index (Phi) is 3.91. The van der Waals surface area contributed by atoms with E-state index in [0.717, 1.165) is 0 Å². The number of hydrogen-bond acceptors (Lipinski definition) is 1. The summed E-state index contributed by atoms with van der Waals surface area (Å²) in [7, 11) is 0. The smallest absolute Gasteiger partial charge is 0.275 e. The van der Waals surface area contributed by atoms with Crippen molar-refractivity contribution in [3.05, 3.63) is 35.9 Å². The summed E-state index contributed by atoms with van der Waals surface area (Å²) >= 11 is 0. The number of benzene rings is 1. The van der Waals surface area contributed by atoms with Gasteiger partial charge in [0, 0.05) is 0 Å². The molecule has 13 heavy (non-hydrogen) atoms. The average molecular weight is 201 g/mol. The summed E-state index contributed by atoms with van der Waals surface area (Å²) in [6, 6.07) is 9.07. The van der Waals surface area contributed by atoms with E-state index in [9.17, 15) is 5.11 Å². The second-order valence-electron chi connectivity index (χ2n) is 2.89. The van der Waals surface area contributed by atoms with Crippen molar-refractivity contribution in [1.82, 2.24) is 0 Å². The molecule has 1 aromatic rings. The maximum Gasteiger partial charge on any atom is 0.275 e. The van der Waals surface area contributed by atoms with Crippen LogP contribution in [0.25, 0.3) is 0 Å². The zero-order valence-electron chi connectivity index (χ0n) is 7.37. The molecule has 0 aromatic heterocycles. The Hall–Kier alpha value is -1.06. The van der Waals surface area contributed by atoms with Crippen LogP contribution in [0, 0.1) is 0 Å². The van der Waals surface area contributed by atoms with Gasteiger partial charge in [-0.15, -0.1) is 0 Å². The van der Waals surface area contributed by atoms with Crippen molar-refractivity contribution in [2.45, 2.75) is 12.5 Å². The van der Waals surface area contributed by atoms with Crippen LogP contribution < -0.4 is 23.5 Å².